The lowest BCUT2D eigenvalue weighted by atomic mass is 10.1. The Kier molecular flexibility index (Phi) is 3.74. The molecule has 1 heterocycles. The van der Waals surface area contributed by atoms with Crippen LogP contribution in [0.3, 0.4) is 0 Å². The highest BCUT2D eigenvalue weighted by molar-refractivity contribution is 7.92. The molecule has 1 saturated heterocycles. The van der Waals surface area contributed by atoms with Crippen LogP contribution < -0.4 is 4.90 Å². The minimum absolute atomic E-state index is 0.0133. The first-order valence-corrected chi connectivity index (χ1v) is 8.09. The van der Waals surface area contributed by atoms with Crippen molar-refractivity contribution in [3.8, 4) is 6.07 Å². The van der Waals surface area contributed by atoms with Crippen LogP contribution >= 0.6 is 0 Å². The average Bonchev–Trinajstić information content (AvgIpc) is 2.48. The summed E-state index contributed by atoms with van der Waals surface area (Å²) in [5, 5.41) is 8.74. The summed E-state index contributed by atoms with van der Waals surface area (Å²) < 4.78 is 37.5. The van der Waals surface area contributed by atoms with Gasteiger partial charge in [0.15, 0.2) is 9.84 Å². The van der Waals surface area contributed by atoms with Crippen molar-refractivity contribution in [3.05, 3.63) is 29.6 Å². The molecule has 0 unspecified atom stereocenters. The van der Waals surface area contributed by atoms with Gasteiger partial charge in [-0.1, -0.05) is 0 Å². The number of hydrogen-bond donors (Lipinski definition) is 0. The number of rotatable bonds is 1. The fourth-order valence-electron chi connectivity index (χ4n) is 2.25. The lowest BCUT2D eigenvalue weighted by molar-refractivity contribution is 0.537. The molecule has 4 nitrogen and oxygen atoms in total. The minimum Gasteiger partial charge on any atom is -0.368 e. The fourth-order valence-corrected chi connectivity index (χ4v) is 3.67. The molecule has 0 saturated carbocycles. The van der Waals surface area contributed by atoms with E-state index in [-0.39, 0.29) is 17.9 Å². The van der Waals surface area contributed by atoms with E-state index in [4.69, 9.17) is 5.26 Å². The first-order valence-electron chi connectivity index (χ1n) is 6.44. The number of halogens is 1. The molecule has 1 aliphatic heterocycles. The molecule has 0 atom stereocenters. The molecule has 1 aliphatic rings. The van der Waals surface area contributed by atoms with E-state index in [1.54, 1.807) is 30.9 Å². The maximum atomic E-state index is 14.0. The minimum atomic E-state index is -3.18. The van der Waals surface area contributed by atoms with Crippen LogP contribution in [0.1, 0.15) is 25.8 Å². The van der Waals surface area contributed by atoms with Crippen LogP contribution in [0.5, 0.6) is 0 Å². The van der Waals surface area contributed by atoms with Crippen LogP contribution in [0.2, 0.25) is 0 Å². The molecule has 0 radical (unpaired) electrons. The van der Waals surface area contributed by atoms with Gasteiger partial charge in [-0.25, -0.2) is 12.8 Å². The van der Waals surface area contributed by atoms with E-state index >= 15 is 0 Å². The fraction of sp³-hybridized carbons (Fsp3) is 0.500. The molecule has 2 rings (SSSR count). The molecule has 20 heavy (non-hydrogen) atoms. The maximum absolute atomic E-state index is 14.0. The number of hydrogen-bond acceptors (Lipinski definition) is 4. The number of benzene rings is 1. The summed E-state index contributed by atoms with van der Waals surface area (Å²) in [6.45, 7) is 4.17. The van der Waals surface area contributed by atoms with E-state index in [0.717, 1.165) is 0 Å². The predicted molar refractivity (Wildman–Crippen MR) is 75.8 cm³/mol. The van der Waals surface area contributed by atoms with E-state index in [2.05, 4.69) is 0 Å². The van der Waals surface area contributed by atoms with Crippen LogP contribution in [0, 0.1) is 17.1 Å². The number of nitrogens with zero attached hydrogens (tertiary/aromatic N) is 2. The summed E-state index contributed by atoms with van der Waals surface area (Å²) in [6.07, 6.45) is 0.453. The molecule has 0 aliphatic carbocycles. The van der Waals surface area contributed by atoms with Crippen LogP contribution in [0.25, 0.3) is 0 Å². The Morgan fingerprint density at radius 2 is 2.05 bits per heavy atom. The average molecular weight is 296 g/mol. The Bertz CT molecular complexity index is 662. The van der Waals surface area contributed by atoms with Crippen molar-refractivity contribution in [1.29, 1.82) is 5.26 Å². The van der Waals surface area contributed by atoms with E-state index < -0.39 is 20.4 Å². The highest BCUT2D eigenvalue weighted by atomic mass is 32.2. The molecule has 0 bridgehead atoms. The van der Waals surface area contributed by atoms with E-state index in [1.165, 1.54) is 6.07 Å². The number of nitriles is 1. The normalized spacial score (nSPS) is 21.0. The molecule has 1 aromatic carbocycles. The second kappa shape index (κ2) is 5.06. The molecule has 108 valence electrons. The van der Waals surface area contributed by atoms with E-state index in [0.29, 0.717) is 18.7 Å². The Labute approximate surface area is 118 Å². The third-order valence-electron chi connectivity index (χ3n) is 3.87. The Hall–Kier alpha value is -1.61. The Morgan fingerprint density at radius 3 is 2.65 bits per heavy atom. The second-order valence-electron chi connectivity index (χ2n) is 5.59. The summed E-state index contributed by atoms with van der Waals surface area (Å²) in [5.74, 6) is -0.472. The summed E-state index contributed by atoms with van der Waals surface area (Å²) in [5.41, 5.74) is 0.617. The zero-order valence-corrected chi connectivity index (χ0v) is 12.4. The van der Waals surface area contributed by atoms with Crippen molar-refractivity contribution in [3.63, 3.8) is 0 Å². The third-order valence-corrected chi connectivity index (χ3v) is 6.48. The summed E-state index contributed by atoms with van der Waals surface area (Å²) >= 11 is 0. The molecule has 6 heteroatoms. The zero-order chi connectivity index (χ0) is 15.0. The zero-order valence-electron chi connectivity index (χ0n) is 11.6. The predicted octanol–water partition coefficient (Wildman–Crippen LogP) is 2.10. The molecule has 0 aromatic heterocycles. The van der Waals surface area contributed by atoms with Gasteiger partial charge in [-0.15, -0.1) is 0 Å². The van der Waals surface area contributed by atoms with Crippen LogP contribution in [0.15, 0.2) is 18.2 Å². The summed E-state index contributed by atoms with van der Waals surface area (Å²) in [4.78, 5) is 1.74. The summed E-state index contributed by atoms with van der Waals surface area (Å²) in [7, 11) is -3.18. The highest BCUT2D eigenvalue weighted by Gasteiger charge is 2.37. The Morgan fingerprint density at radius 1 is 1.35 bits per heavy atom. The SMILES string of the molecule is CC1(C)CCN(c2ccc(C#N)cc2F)CCS1(=O)=O. The van der Waals surface area contributed by atoms with E-state index in [1.807, 2.05) is 6.07 Å². The standard InChI is InChI=1S/C14H17FN2O2S/c1-14(2)5-6-17(7-8-20(14,18)19)13-4-3-11(10-16)9-12(13)15/h3-4,9H,5-8H2,1-2H3. The van der Waals surface area contributed by atoms with Crippen LogP contribution in [-0.2, 0) is 9.84 Å². The van der Waals surface area contributed by atoms with Crippen molar-refractivity contribution in [2.75, 3.05) is 23.7 Å². The number of sulfone groups is 1. The molecular weight excluding hydrogens is 279 g/mol. The molecule has 0 spiro atoms. The van der Waals surface area contributed by atoms with Gasteiger partial charge < -0.3 is 4.90 Å². The topological polar surface area (TPSA) is 61.2 Å². The van der Waals surface area contributed by atoms with Gasteiger partial charge in [0.1, 0.15) is 5.82 Å². The number of anilines is 1. The van der Waals surface area contributed by atoms with Crippen molar-refractivity contribution in [2.24, 2.45) is 0 Å². The van der Waals surface area contributed by atoms with Gasteiger partial charge in [-0.05, 0) is 38.5 Å². The molecule has 0 N–H and O–H groups in total. The lowest BCUT2D eigenvalue weighted by Gasteiger charge is -2.24. The first kappa shape index (κ1) is 14.8. The van der Waals surface area contributed by atoms with Crippen molar-refractivity contribution in [2.45, 2.75) is 25.0 Å². The van der Waals surface area contributed by atoms with Crippen molar-refractivity contribution in [1.82, 2.24) is 0 Å². The van der Waals surface area contributed by atoms with Gasteiger partial charge in [-0.2, -0.15) is 5.26 Å². The quantitative estimate of drug-likeness (QED) is 0.796. The first-order chi connectivity index (χ1) is 9.27. The van der Waals surface area contributed by atoms with Gasteiger partial charge in [0.2, 0.25) is 0 Å². The smallest absolute Gasteiger partial charge is 0.157 e. The van der Waals surface area contributed by atoms with Gasteiger partial charge in [0.25, 0.3) is 0 Å². The van der Waals surface area contributed by atoms with Crippen molar-refractivity contribution >= 4 is 15.5 Å². The van der Waals surface area contributed by atoms with Gasteiger partial charge in [-0.3, -0.25) is 0 Å². The monoisotopic (exact) mass is 296 g/mol. The van der Waals surface area contributed by atoms with Crippen LogP contribution in [-0.4, -0.2) is 32.0 Å². The van der Waals surface area contributed by atoms with Gasteiger partial charge in [0.05, 0.1) is 27.8 Å². The Balaban J connectivity index is 2.30. The largest absolute Gasteiger partial charge is 0.368 e. The van der Waals surface area contributed by atoms with Crippen LogP contribution in [0.4, 0.5) is 10.1 Å². The lowest BCUT2D eigenvalue weighted by Crippen LogP contribution is -2.33. The van der Waals surface area contributed by atoms with Gasteiger partial charge in [0, 0.05) is 13.1 Å². The summed E-state index contributed by atoms with van der Waals surface area (Å²) in [6, 6.07) is 6.15. The third kappa shape index (κ3) is 2.63. The second-order valence-corrected chi connectivity index (χ2v) is 8.34. The highest BCUT2D eigenvalue weighted by Crippen LogP contribution is 2.29. The van der Waals surface area contributed by atoms with Gasteiger partial charge >= 0.3 is 0 Å². The van der Waals surface area contributed by atoms with Crippen molar-refractivity contribution < 1.29 is 12.8 Å². The molecule has 1 fully saturated rings. The van der Waals surface area contributed by atoms with E-state index in [9.17, 15) is 12.8 Å². The maximum Gasteiger partial charge on any atom is 0.157 e. The molecular formula is C14H17FN2O2S. The molecule has 1 aromatic rings. The molecule has 0 amide bonds.